The maximum absolute atomic E-state index is 11.8. The summed E-state index contributed by atoms with van der Waals surface area (Å²) >= 11 is 0. The van der Waals surface area contributed by atoms with Crippen LogP contribution in [0.15, 0.2) is 60.7 Å². The zero-order chi connectivity index (χ0) is 18.7. The number of hydrogen-bond donors (Lipinski definition) is 3. The highest BCUT2D eigenvalue weighted by molar-refractivity contribution is 5.86. The van der Waals surface area contributed by atoms with E-state index in [4.69, 9.17) is 0 Å². The van der Waals surface area contributed by atoms with Crippen molar-refractivity contribution >= 4 is 11.9 Å². The lowest BCUT2D eigenvalue weighted by atomic mass is 10.1. The summed E-state index contributed by atoms with van der Waals surface area (Å²) in [5, 5.41) is 30.0. The molecule has 136 valence electrons. The van der Waals surface area contributed by atoms with Crippen LogP contribution in [0.3, 0.4) is 0 Å². The summed E-state index contributed by atoms with van der Waals surface area (Å²) in [5.74, 6) is -2.55. The van der Waals surface area contributed by atoms with Crippen LogP contribution in [-0.4, -0.2) is 55.5 Å². The zero-order valence-corrected chi connectivity index (χ0v) is 14.0. The topological polar surface area (TPSA) is 101 Å². The van der Waals surface area contributed by atoms with Crippen LogP contribution < -0.4 is 0 Å². The minimum atomic E-state index is -1.36. The molecule has 1 fully saturated rings. The summed E-state index contributed by atoms with van der Waals surface area (Å²) in [6.07, 6.45) is -1.32. The number of nitrogens with zero attached hydrogens (tertiary/aromatic N) is 2. The molecule has 1 heterocycles. The van der Waals surface area contributed by atoms with Gasteiger partial charge in [0.15, 0.2) is 6.35 Å². The Bertz CT molecular complexity index is 703. The molecule has 1 saturated heterocycles. The third kappa shape index (κ3) is 3.60. The highest BCUT2D eigenvalue weighted by Crippen LogP contribution is 2.30. The van der Waals surface area contributed by atoms with Crippen molar-refractivity contribution in [2.45, 2.75) is 31.5 Å². The Morgan fingerprint density at radius 3 is 1.38 bits per heavy atom. The molecule has 2 unspecified atom stereocenters. The number of carboxylic acids is 2. The van der Waals surface area contributed by atoms with Gasteiger partial charge in [-0.2, -0.15) is 0 Å². The molecular weight excluding hydrogens is 336 g/mol. The summed E-state index contributed by atoms with van der Waals surface area (Å²) < 4.78 is 0. The van der Waals surface area contributed by atoms with E-state index in [-0.39, 0.29) is 13.1 Å². The standard InChI is InChI=1S/C19H20N2O5/c22-17(23)15-16(18(24)25)21(12-14-9-5-2-6-10-14)19(26)20(15)11-13-7-3-1-4-8-13/h1-10,15-16,19,26H,11-12H2,(H,22,23)(H,24,25). The Labute approximate surface area is 150 Å². The lowest BCUT2D eigenvalue weighted by Gasteiger charge is -2.26. The molecule has 1 aliphatic rings. The average molecular weight is 356 g/mol. The van der Waals surface area contributed by atoms with Crippen molar-refractivity contribution in [2.75, 3.05) is 0 Å². The second-order valence-corrected chi connectivity index (χ2v) is 6.23. The molecular formula is C19H20N2O5. The number of aliphatic carboxylic acids is 2. The predicted octanol–water partition coefficient (Wildman–Crippen LogP) is 1.19. The number of carbonyl (C=O) groups is 2. The van der Waals surface area contributed by atoms with E-state index in [1.807, 2.05) is 36.4 Å². The van der Waals surface area contributed by atoms with Crippen molar-refractivity contribution in [1.82, 2.24) is 9.80 Å². The molecule has 3 N–H and O–H groups in total. The first-order chi connectivity index (χ1) is 12.5. The van der Waals surface area contributed by atoms with Crippen molar-refractivity contribution in [3.8, 4) is 0 Å². The third-order valence-corrected chi connectivity index (χ3v) is 4.53. The molecule has 0 spiro atoms. The fraction of sp³-hybridized carbons (Fsp3) is 0.263. The van der Waals surface area contributed by atoms with Crippen molar-refractivity contribution in [2.24, 2.45) is 0 Å². The van der Waals surface area contributed by atoms with Gasteiger partial charge in [0.2, 0.25) is 0 Å². The van der Waals surface area contributed by atoms with E-state index in [0.717, 1.165) is 11.1 Å². The molecule has 0 saturated carbocycles. The van der Waals surface area contributed by atoms with Gasteiger partial charge in [0.1, 0.15) is 12.1 Å². The summed E-state index contributed by atoms with van der Waals surface area (Å²) in [6.45, 7) is 0.266. The maximum atomic E-state index is 11.8. The van der Waals surface area contributed by atoms with Gasteiger partial charge >= 0.3 is 11.9 Å². The van der Waals surface area contributed by atoms with Crippen LogP contribution in [0.5, 0.6) is 0 Å². The Hall–Kier alpha value is -2.74. The summed E-state index contributed by atoms with van der Waals surface area (Å²) in [5.41, 5.74) is 1.59. The van der Waals surface area contributed by atoms with Crippen molar-refractivity contribution in [3.63, 3.8) is 0 Å². The van der Waals surface area contributed by atoms with Crippen molar-refractivity contribution in [1.29, 1.82) is 0 Å². The average Bonchev–Trinajstić information content (AvgIpc) is 2.90. The van der Waals surface area contributed by atoms with Crippen LogP contribution in [0.2, 0.25) is 0 Å². The SMILES string of the molecule is O=C(O)C1C(C(=O)O)N(Cc2ccccc2)C(O)N1Cc1ccccc1. The Morgan fingerprint density at radius 1 is 0.731 bits per heavy atom. The van der Waals surface area contributed by atoms with Gasteiger partial charge in [-0.3, -0.25) is 9.59 Å². The fourth-order valence-electron chi connectivity index (χ4n) is 3.34. The minimum absolute atomic E-state index is 0.133. The zero-order valence-electron chi connectivity index (χ0n) is 14.0. The van der Waals surface area contributed by atoms with E-state index in [1.54, 1.807) is 24.3 Å². The highest BCUT2D eigenvalue weighted by atomic mass is 16.4. The molecule has 0 aromatic heterocycles. The second-order valence-electron chi connectivity index (χ2n) is 6.23. The number of hydrogen-bond acceptors (Lipinski definition) is 5. The summed E-state index contributed by atoms with van der Waals surface area (Å²) in [7, 11) is 0. The second kappa shape index (κ2) is 7.65. The van der Waals surface area contributed by atoms with Crippen LogP contribution >= 0.6 is 0 Å². The first-order valence-corrected chi connectivity index (χ1v) is 8.22. The Kier molecular flexibility index (Phi) is 5.32. The molecule has 0 bridgehead atoms. The van der Waals surface area contributed by atoms with Gasteiger partial charge in [0, 0.05) is 13.1 Å². The predicted molar refractivity (Wildman–Crippen MR) is 92.8 cm³/mol. The van der Waals surface area contributed by atoms with Gasteiger partial charge in [-0.1, -0.05) is 60.7 Å². The number of aliphatic hydroxyl groups is 1. The van der Waals surface area contributed by atoms with E-state index in [2.05, 4.69) is 0 Å². The van der Waals surface area contributed by atoms with Crippen molar-refractivity contribution in [3.05, 3.63) is 71.8 Å². The van der Waals surface area contributed by atoms with Crippen LogP contribution in [0.4, 0.5) is 0 Å². The summed E-state index contributed by atoms with van der Waals surface area (Å²) in [4.78, 5) is 26.2. The minimum Gasteiger partial charge on any atom is -0.480 e. The molecule has 2 atom stereocenters. The molecule has 7 heteroatoms. The quantitative estimate of drug-likeness (QED) is 0.714. The molecule has 0 radical (unpaired) electrons. The Morgan fingerprint density at radius 2 is 1.08 bits per heavy atom. The third-order valence-electron chi connectivity index (χ3n) is 4.53. The first-order valence-electron chi connectivity index (χ1n) is 8.22. The van der Waals surface area contributed by atoms with Gasteiger partial charge in [-0.15, -0.1) is 0 Å². The molecule has 1 aliphatic heterocycles. The van der Waals surface area contributed by atoms with E-state index in [1.165, 1.54) is 9.80 Å². The smallest absolute Gasteiger partial charge is 0.323 e. The number of rotatable bonds is 6. The normalized spacial score (nSPS) is 23.8. The molecule has 2 aromatic rings. The van der Waals surface area contributed by atoms with Gasteiger partial charge in [-0.25, -0.2) is 9.80 Å². The molecule has 3 rings (SSSR count). The first kappa shape index (κ1) is 18.1. The van der Waals surface area contributed by atoms with Crippen LogP contribution in [0, 0.1) is 0 Å². The highest BCUT2D eigenvalue weighted by Gasteiger charge is 2.53. The number of carboxylic acid groups (broad SMARTS) is 2. The monoisotopic (exact) mass is 356 g/mol. The van der Waals surface area contributed by atoms with E-state index in [9.17, 15) is 24.9 Å². The van der Waals surface area contributed by atoms with E-state index < -0.39 is 30.4 Å². The van der Waals surface area contributed by atoms with Crippen LogP contribution in [0.1, 0.15) is 11.1 Å². The Balaban J connectivity index is 1.93. The maximum Gasteiger partial charge on any atom is 0.323 e. The lowest BCUT2D eigenvalue weighted by Crippen LogP contribution is -2.47. The van der Waals surface area contributed by atoms with Crippen LogP contribution in [0.25, 0.3) is 0 Å². The van der Waals surface area contributed by atoms with E-state index >= 15 is 0 Å². The van der Waals surface area contributed by atoms with Crippen molar-refractivity contribution < 1.29 is 24.9 Å². The molecule has 0 amide bonds. The summed E-state index contributed by atoms with van der Waals surface area (Å²) in [6, 6.07) is 15.4. The molecule has 26 heavy (non-hydrogen) atoms. The van der Waals surface area contributed by atoms with Gasteiger partial charge in [0.05, 0.1) is 0 Å². The molecule has 2 aromatic carbocycles. The largest absolute Gasteiger partial charge is 0.480 e. The van der Waals surface area contributed by atoms with Gasteiger partial charge in [0.25, 0.3) is 0 Å². The number of benzene rings is 2. The fourth-order valence-corrected chi connectivity index (χ4v) is 3.34. The molecule has 7 nitrogen and oxygen atoms in total. The van der Waals surface area contributed by atoms with Gasteiger partial charge in [-0.05, 0) is 11.1 Å². The lowest BCUT2D eigenvalue weighted by molar-refractivity contribution is -0.151. The number of aliphatic hydroxyl groups excluding tert-OH is 1. The van der Waals surface area contributed by atoms with Crippen LogP contribution in [-0.2, 0) is 22.7 Å². The van der Waals surface area contributed by atoms with E-state index in [0.29, 0.717) is 0 Å². The van der Waals surface area contributed by atoms with Gasteiger partial charge < -0.3 is 15.3 Å². The molecule has 0 aliphatic carbocycles.